The van der Waals surface area contributed by atoms with Crippen LogP contribution in [0.1, 0.15) is 11.1 Å². The minimum atomic E-state index is -2.47. The molecule has 0 aromatic heterocycles. The minimum absolute atomic E-state index is 1.23. The van der Waals surface area contributed by atoms with Crippen molar-refractivity contribution in [3.63, 3.8) is 0 Å². The van der Waals surface area contributed by atoms with Crippen molar-refractivity contribution in [3.05, 3.63) is 90.0 Å². The summed E-state index contributed by atoms with van der Waals surface area (Å²) < 4.78 is 0. The highest BCUT2D eigenvalue weighted by Crippen LogP contribution is 2.13. The molecule has 0 heterocycles. The average molecular weight is 323 g/mol. The van der Waals surface area contributed by atoms with Crippen molar-refractivity contribution in [2.45, 2.75) is 13.8 Å². The minimum Gasteiger partial charge on any atom is -0.149 e. The highest BCUT2D eigenvalue weighted by Gasteiger charge is 2.37. The van der Waals surface area contributed by atoms with Gasteiger partial charge in [-0.05, 0) is 29.4 Å². The zero-order chi connectivity index (χ0) is 15.6. The van der Waals surface area contributed by atoms with Gasteiger partial charge in [0.15, 0.2) is 0 Å². The molecule has 3 aromatic carbocycles. The first kappa shape index (κ1) is 15.1. The van der Waals surface area contributed by atoms with Crippen molar-refractivity contribution in [2.24, 2.45) is 0 Å². The monoisotopic (exact) mass is 322 g/mol. The molecule has 0 radical (unpaired) electrons. The van der Waals surface area contributed by atoms with Crippen LogP contribution >= 0.6 is 11.1 Å². The Morgan fingerprint density at radius 1 is 0.591 bits per heavy atom. The van der Waals surface area contributed by atoms with Gasteiger partial charge in [0.25, 0.3) is 0 Å². The zero-order valence-electron chi connectivity index (χ0n) is 12.9. The fraction of sp³-hybridized carbons (Fsp3) is 0.100. The first-order chi connectivity index (χ1) is 10.6. The second-order valence-electron chi connectivity index (χ2n) is 5.76. The fourth-order valence-electron chi connectivity index (χ4n) is 2.89. The molecule has 0 saturated carbocycles. The quantitative estimate of drug-likeness (QED) is 0.393. The van der Waals surface area contributed by atoms with Gasteiger partial charge in [0, 0.05) is 0 Å². The summed E-state index contributed by atoms with van der Waals surface area (Å²) in [7, 11) is -2.47. The summed E-state index contributed by atoms with van der Waals surface area (Å²) >= 11 is 7.40. The predicted molar refractivity (Wildman–Crippen MR) is 99.3 cm³/mol. The smallest absolute Gasteiger partial charge is 0.149 e. The Bertz CT molecular complexity index is 735. The van der Waals surface area contributed by atoms with Gasteiger partial charge in [0.05, 0.1) is 0 Å². The van der Waals surface area contributed by atoms with Crippen molar-refractivity contribution < 1.29 is 0 Å². The lowest BCUT2D eigenvalue weighted by Crippen LogP contribution is -2.62. The van der Waals surface area contributed by atoms with Crippen LogP contribution in [0.2, 0.25) is 0 Å². The van der Waals surface area contributed by atoms with Gasteiger partial charge in [-0.25, -0.2) is 0 Å². The zero-order valence-corrected chi connectivity index (χ0v) is 14.6. The van der Waals surface area contributed by atoms with Crippen LogP contribution in [0.5, 0.6) is 0 Å². The molecule has 0 amide bonds. The summed E-state index contributed by atoms with van der Waals surface area (Å²) in [5, 5.41) is 3.71. The SMILES string of the molecule is Cc1cccc([Si](Cl)(c2ccccc2)c2cccc(C)c2)c1. The van der Waals surface area contributed by atoms with Crippen molar-refractivity contribution >= 4 is 34.0 Å². The molecule has 3 aromatic rings. The van der Waals surface area contributed by atoms with Gasteiger partial charge in [0.2, 0.25) is 7.38 Å². The Hall–Kier alpha value is -1.83. The van der Waals surface area contributed by atoms with Crippen molar-refractivity contribution in [1.82, 2.24) is 0 Å². The largest absolute Gasteiger partial charge is 0.247 e. The van der Waals surface area contributed by atoms with Crippen LogP contribution in [0.25, 0.3) is 0 Å². The third kappa shape index (κ3) is 2.74. The molecule has 0 fully saturated rings. The van der Waals surface area contributed by atoms with Crippen molar-refractivity contribution in [1.29, 1.82) is 0 Å². The normalized spacial score (nSPS) is 11.4. The van der Waals surface area contributed by atoms with E-state index in [9.17, 15) is 0 Å². The maximum atomic E-state index is 7.40. The molecule has 2 heteroatoms. The highest BCUT2D eigenvalue weighted by atomic mass is 35.6. The lowest BCUT2D eigenvalue weighted by molar-refractivity contribution is 1.48. The van der Waals surface area contributed by atoms with E-state index >= 15 is 0 Å². The molecular formula is C20H19ClSi. The first-order valence-corrected chi connectivity index (χ1v) is 10.5. The van der Waals surface area contributed by atoms with Crippen LogP contribution in [-0.2, 0) is 0 Å². The van der Waals surface area contributed by atoms with Crippen LogP contribution in [-0.4, -0.2) is 7.38 Å². The van der Waals surface area contributed by atoms with E-state index in [0.717, 1.165) is 0 Å². The van der Waals surface area contributed by atoms with Crippen molar-refractivity contribution in [3.8, 4) is 0 Å². The molecule has 0 nitrogen and oxygen atoms in total. The molecule has 0 saturated heterocycles. The predicted octanol–water partition coefficient (Wildman–Crippen LogP) is 3.51. The Morgan fingerprint density at radius 2 is 1.05 bits per heavy atom. The maximum absolute atomic E-state index is 7.40. The van der Waals surface area contributed by atoms with Crippen LogP contribution in [0.15, 0.2) is 78.9 Å². The Labute approximate surface area is 138 Å². The number of rotatable bonds is 3. The molecule has 3 rings (SSSR count). The van der Waals surface area contributed by atoms with Crippen LogP contribution in [0.3, 0.4) is 0 Å². The average Bonchev–Trinajstić information content (AvgIpc) is 2.55. The molecule has 110 valence electrons. The maximum Gasteiger partial charge on any atom is 0.247 e. The molecule has 0 aliphatic carbocycles. The number of hydrogen-bond acceptors (Lipinski definition) is 0. The van der Waals surface area contributed by atoms with Crippen LogP contribution < -0.4 is 15.6 Å². The Morgan fingerprint density at radius 3 is 1.50 bits per heavy atom. The summed E-state index contributed by atoms with van der Waals surface area (Å²) in [5.74, 6) is 0. The molecule has 0 atom stereocenters. The summed E-state index contributed by atoms with van der Waals surface area (Å²) in [4.78, 5) is 0. The Kier molecular flexibility index (Phi) is 4.19. The molecule has 0 aliphatic heterocycles. The number of aryl methyl sites for hydroxylation is 2. The highest BCUT2D eigenvalue weighted by molar-refractivity contribution is 7.40. The van der Waals surface area contributed by atoms with E-state index in [1.54, 1.807) is 0 Å². The van der Waals surface area contributed by atoms with Crippen molar-refractivity contribution in [2.75, 3.05) is 0 Å². The summed E-state index contributed by atoms with van der Waals surface area (Å²) in [6, 6.07) is 27.8. The van der Waals surface area contributed by atoms with E-state index in [0.29, 0.717) is 0 Å². The number of hydrogen-bond donors (Lipinski definition) is 0. The molecule has 0 aliphatic rings. The molecule has 0 spiro atoms. The number of halogens is 1. The van der Waals surface area contributed by atoms with E-state index in [-0.39, 0.29) is 0 Å². The lowest BCUT2D eigenvalue weighted by atomic mass is 10.2. The molecule has 22 heavy (non-hydrogen) atoms. The van der Waals surface area contributed by atoms with Gasteiger partial charge in [0.1, 0.15) is 0 Å². The third-order valence-electron chi connectivity index (χ3n) is 4.00. The van der Waals surface area contributed by atoms with E-state index in [1.807, 2.05) is 6.07 Å². The standard InChI is InChI=1S/C20H19ClSi/c1-16-8-6-12-19(14-16)22(21,18-10-4-3-5-11-18)20-13-7-9-17(2)15-20/h3-15H,1-2H3. The van der Waals surface area contributed by atoms with E-state index < -0.39 is 7.38 Å². The van der Waals surface area contributed by atoms with Gasteiger partial charge in [-0.2, -0.15) is 0 Å². The topological polar surface area (TPSA) is 0 Å². The lowest BCUT2D eigenvalue weighted by Gasteiger charge is -2.27. The fourth-order valence-corrected chi connectivity index (χ4v) is 7.13. The second kappa shape index (κ2) is 6.11. The van der Waals surface area contributed by atoms with Crippen LogP contribution in [0, 0.1) is 13.8 Å². The van der Waals surface area contributed by atoms with Crippen LogP contribution in [0.4, 0.5) is 0 Å². The second-order valence-corrected chi connectivity index (χ2v) is 10.5. The summed E-state index contributed by atoms with van der Waals surface area (Å²) in [5.41, 5.74) is 2.50. The third-order valence-corrected chi connectivity index (χ3v) is 9.31. The van der Waals surface area contributed by atoms with Gasteiger partial charge in [-0.15, -0.1) is 11.1 Å². The summed E-state index contributed by atoms with van der Waals surface area (Å²) in [6.07, 6.45) is 0. The molecule has 0 N–H and O–H groups in total. The molecule has 0 unspecified atom stereocenters. The Balaban J connectivity index is 2.27. The first-order valence-electron chi connectivity index (χ1n) is 7.49. The van der Waals surface area contributed by atoms with E-state index in [2.05, 4.69) is 86.6 Å². The van der Waals surface area contributed by atoms with Gasteiger partial charge in [-0.1, -0.05) is 90.0 Å². The summed E-state index contributed by atoms with van der Waals surface area (Å²) in [6.45, 7) is 4.24. The molecule has 0 bridgehead atoms. The van der Waals surface area contributed by atoms with Gasteiger partial charge >= 0.3 is 0 Å². The van der Waals surface area contributed by atoms with E-state index in [4.69, 9.17) is 11.1 Å². The van der Waals surface area contributed by atoms with Gasteiger partial charge < -0.3 is 0 Å². The number of benzene rings is 3. The van der Waals surface area contributed by atoms with E-state index in [1.165, 1.54) is 26.7 Å². The van der Waals surface area contributed by atoms with Gasteiger partial charge in [-0.3, -0.25) is 0 Å². The molecular weight excluding hydrogens is 304 g/mol.